The number of nitrogens with one attached hydrogen (secondary N) is 1. The third-order valence-corrected chi connectivity index (χ3v) is 5.12. The smallest absolute Gasteiger partial charge is 0.251 e. The molecule has 0 spiro atoms. The number of hydrogen-bond donors (Lipinski definition) is 1. The lowest BCUT2D eigenvalue weighted by molar-refractivity contribution is 0.0955. The van der Waals surface area contributed by atoms with Crippen LogP contribution in [0.5, 0.6) is 11.5 Å². The molecule has 0 atom stereocenters. The third-order valence-electron chi connectivity index (χ3n) is 3.53. The third kappa shape index (κ3) is 5.64. The molecule has 140 valence electrons. The fourth-order valence-corrected chi connectivity index (χ4v) is 3.67. The van der Waals surface area contributed by atoms with E-state index in [1.54, 1.807) is 36.0 Å². The molecule has 7 heteroatoms. The van der Waals surface area contributed by atoms with Gasteiger partial charge in [0.15, 0.2) is 11.5 Å². The van der Waals surface area contributed by atoms with Crippen LogP contribution in [0, 0.1) is 5.82 Å². The molecule has 1 N–H and O–H groups in total. The predicted molar refractivity (Wildman–Crippen MR) is 107 cm³/mol. The first-order chi connectivity index (χ1) is 12.6. The van der Waals surface area contributed by atoms with Crippen molar-refractivity contribution in [2.75, 3.05) is 26.0 Å². The summed E-state index contributed by atoms with van der Waals surface area (Å²) in [4.78, 5) is 12.3. The number of benzene rings is 2. The molecule has 0 aliphatic carbocycles. The molecule has 0 saturated carbocycles. The Morgan fingerprint density at radius 3 is 2.77 bits per heavy atom. The second-order valence-electron chi connectivity index (χ2n) is 5.32. The average Bonchev–Trinajstić information content (AvgIpc) is 2.64. The van der Waals surface area contributed by atoms with E-state index in [4.69, 9.17) is 9.47 Å². The van der Waals surface area contributed by atoms with Crippen LogP contribution in [0.2, 0.25) is 0 Å². The molecule has 1 amide bonds. The van der Waals surface area contributed by atoms with Crippen molar-refractivity contribution in [2.24, 2.45) is 0 Å². The highest BCUT2D eigenvalue weighted by Crippen LogP contribution is 2.36. The zero-order valence-corrected chi connectivity index (χ0v) is 17.1. The Labute approximate surface area is 165 Å². The molecule has 0 heterocycles. The largest absolute Gasteiger partial charge is 0.493 e. The number of methoxy groups -OCH3 is 1. The van der Waals surface area contributed by atoms with Crippen LogP contribution in [0.1, 0.15) is 22.8 Å². The first kappa shape index (κ1) is 20.6. The Kier molecular flexibility index (Phi) is 8.25. The molecule has 4 nitrogen and oxygen atoms in total. The van der Waals surface area contributed by atoms with Crippen LogP contribution in [0.3, 0.4) is 0 Å². The molecular formula is C19H21BrFNO3S. The highest BCUT2D eigenvalue weighted by Gasteiger charge is 2.15. The van der Waals surface area contributed by atoms with Crippen molar-refractivity contribution in [3.05, 3.63) is 57.8 Å². The second kappa shape index (κ2) is 10.4. The van der Waals surface area contributed by atoms with Crippen molar-refractivity contribution in [2.45, 2.75) is 12.7 Å². The summed E-state index contributed by atoms with van der Waals surface area (Å²) in [6, 6.07) is 10.1. The van der Waals surface area contributed by atoms with E-state index in [2.05, 4.69) is 21.2 Å². The van der Waals surface area contributed by atoms with Crippen LogP contribution in [0.25, 0.3) is 0 Å². The Balaban J connectivity index is 1.86. The predicted octanol–water partition coefficient (Wildman–Crippen LogP) is 4.66. The molecule has 0 unspecified atom stereocenters. The van der Waals surface area contributed by atoms with Gasteiger partial charge in [-0.15, -0.1) is 0 Å². The number of carbonyl (C=O) groups excluding carboxylic acids is 1. The van der Waals surface area contributed by atoms with Crippen LogP contribution < -0.4 is 14.8 Å². The SMILES string of the molecule is CCOc1c(Br)cc(C(=O)NCCSCc2ccccc2F)cc1OC. The molecule has 2 aromatic rings. The lowest BCUT2D eigenvalue weighted by Gasteiger charge is -2.13. The van der Waals surface area contributed by atoms with Crippen LogP contribution in [-0.4, -0.2) is 31.9 Å². The molecule has 2 rings (SSSR count). The molecule has 0 bridgehead atoms. The van der Waals surface area contributed by atoms with E-state index in [0.717, 1.165) is 0 Å². The van der Waals surface area contributed by atoms with Crippen molar-refractivity contribution in [3.8, 4) is 11.5 Å². The normalized spacial score (nSPS) is 10.5. The number of amides is 1. The molecule has 0 aliphatic rings. The topological polar surface area (TPSA) is 47.6 Å². The lowest BCUT2D eigenvalue weighted by Crippen LogP contribution is -2.25. The molecule has 0 aliphatic heterocycles. The Morgan fingerprint density at radius 2 is 2.08 bits per heavy atom. The minimum atomic E-state index is -0.199. The van der Waals surface area contributed by atoms with Crippen molar-refractivity contribution >= 4 is 33.6 Å². The maximum Gasteiger partial charge on any atom is 0.251 e. The van der Waals surface area contributed by atoms with Gasteiger partial charge in [-0.25, -0.2) is 4.39 Å². The van der Waals surface area contributed by atoms with Gasteiger partial charge in [-0.1, -0.05) is 18.2 Å². The zero-order chi connectivity index (χ0) is 18.9. The van der Waals surface area contributed by atoms with Gasteiger partial charge in [0, 0.05) is 23.6 Å². The van der Waals surface area contributed by atoms with Gasteiger partial charge in [-0.2, -0.15) is 11.8 Å². The first-order valence-corrected chi connectivity index (χ1v) is 10.1. The summed E-state index contributed by atoms with van der Waals surface area (Å²) in [5.74, 6) is 1.95. The van der Waals surface area contributed by atoms with Gasteiger partial charge in [0.2, 0.25) is 0 Å². The van der Waals surface area contributed by atoms with E-state index < -0.39 is 0 Å². The van der Waals surface area contributed by atoms with E-state index >= 15 is 0 Å². The van der Waals surface area contributed by atoms with E-state index in [9.17, 15) is 9.18 Å². The Morgan fingerprint density at radius 1 is 1.31 bits per heavy atom. The minimum absolute atomic E-state index is 0.196. The lowest BCUT2D eigenvalue weighted by atomic mass is 10.2. The summed E-state index contributed by atoms with van der Waals surface area (Å²) in [6.07, 6.45) is 0. The van der Waals surface area contributed by atoms with Crippen LogP contribution >= 0.6 is 27.7 Å². The fraction of sp³-hybridized carbons (Fsp3) is 0.316. The highest BCUT2D eigenvalue weighted by atomic mass is 79.9. The highest BCUT2D eigenvalue weighted by molar-refractivity contribution is 9.10. The standard InChI is InChI=1S/C19H21BrFNO3S/c1-3-25-18-15(20)10-14(11-17(18)24-2)19(23)22-8-9-26-12-13-6-4-5-7-16(13)21/h4-7,10-11H,3,8-9,12H2,1-2H3,(H,22,23). The monoisotopic (exact) mass is 441 g/mol. The maximum atomic E-state index is 13.5. The van der Waals surface area contributed by atoms with Crippen LogP contribution in [0.4, 0.5) is 4.39 Å². The number of rotatable bonds is 9. The molecular weight excluding hydrogens is 421 g/mol. The number of ether oxygens (including phenoxy) is 2. The first-order valence-electron chi connectivity index (χ1n) is 8.16. The number of hydrogen-bond acceptors (Lipinski definition) is 4. The molecule has 0 fully saturated rings. The number of halogens is 2. The van der Waals surface area contributed by atoms with E-state index in [0.29, 0.717) is 51.8 Å². The molecule has 26 heavy (non-hydrogen) atoms. The second-order valence-corrected chi connectivity index (χ2v) is 7.28. The molecule has 0 aromatic heterocycles. The van der Waals surface area contributed by atoms with Crippen molar-refractivity contribution < 1.29 is 18.7 Å². The molecule has 0 radical (unpaired) electrons. The summed E-state index contributed by atoms with van der Waals surface area (Å²) in [5.41, 5.74) is 1.15. The molecule has 0 saturated heterocycles. The summed E-state index contributed by atoms with van der Waals surface area (Å²) in [5, 5.41) is 2.86. The summed E-state index contributed by atoms with van der Waals surface area (Å²) < 4.78 is 25.0. The van der Waals surface area contributed by atoms with Gasteiger partial charge in [0.1, 0.15) is 5.82 Å². The maximum absolute atomic E-state index is 13.5. The average molecular weight is 442 g/mol. The zero-order valence-electron chi connectivity index (χ0n) is 14.7. The Hall–Kier alpha value is -1.73. The van der Waals surface area contributed by atoms with E-state index in [1.165, 1.54) is 13.2 Å². The Bertz CT molecular complexity index is 758. The number of thioether (sulfide) groups is 1. The fourth-order valence-electron chi connectivity index (χ4n) is 2.27. The van der Waals surface area contributed by atoms with Gasteiger partial charge in [-0.3, -0.25) is 4.79 Å². The van der Waals surface area contributed by atoms with Gasteiger partial charge < -0.3 is 14.8 Å². The summed E-state index contributed by atoms with van der Waals surface area (Å²) in [7, 11) is 1.53. The van der Waals surface area contributed by atoms with Crippen molar-refractivity contribution in [3.63, 3.8) is 0 Å². The van der Waals surface area contributed by atoms with Crippen LogP contribution in [-0.2, 0) is 5.75 Å². The summed E-state index contributed by atoms with van der Waals surface area (Å²) >= 11 is 4.98. The molecule has 2 aromatic carbocycles. The van der Waals surface area contributed by atoms with Crippen LogP contribution in [0.15, 0.2) is 40.9 Å². The van der Waals surface area contributed by atoms with Gasteiger partial charge in [0.05, 0.1) is 18.2 Å². The van der Waals surface area contributed by atoms with E-state index in [1.807, 2.05) is 13.0 Å². The van der Waals surface area contributed by atoms with Gasteiger partial charge >= 0.3 is 0 Å². The van der Waals surface area contributed by atoms with E-state index in [-0.39, 0.29) is 11.7 Å². The van der Waals surface area contributed by atoms with Crippen molar-refractivity contribution in [1.82, 2.24) is 5.32 Å². The number of carbonyl (C=O) groups is 1. The van der Waals surface area contributed by atoms with Gasteiger partial charge in [-0.05, 0) is 46.6 Å². The summed E-state index contributed by atoms with van der Waals surface area (Å²) in [6.45, 7) is 2.87. The van der Waals surface area contributed by atoms with Gasteiger partial charge in [0.25, 0.3) is 5.91 Å². The minimum Gasteiger partial charge on any atom is -0.493 e. The quantitative estimate of drug-likeness (QED) is 0.574. The van der Waals surface area contributed by atoms with Crippen molar-refractivity contribution in [1.29, 1.82) is 0 Å².